The molecular weight excluding hydrogens is 273 g/mol. The molecule has 0 unspecified atom stereocenters. The number of rotatable bonds is 4. The van der Waals surface area contributed by atoms with E-state index in [1.54, 1.807) is 6.92 Å². The minimum atomic E-state index is -1.54. The van der Waals surface area contributed by atoms with Crippen molar-refractivity contribution >= 4 is 17.2 Å². The van der Waals surface area contributed by atoms with Crippen LogP contribution >= 0.6 is 0 Å². The zero-order valence-electron chi connectivity index (χ0n) is 10.5. The van der Waals surface area contributed by atoms with Crippen LogP contribution in [-0.4, -0.2) is 16.6 Å². The Morgan fingerprint density at radius 1 is 1.20 bits per heavy atom. The highest BCUT2D eigenvalue weighted by molar-refractivity contribution is 5.72. The Labute approximate surface area is 112 Å². The van der Waals surface area contributed by atoms with E-state index in [9.17, 15) is 13.2 Å². The normalized spacial score (nSPS) is 10.4. The van der Waals surface area contributed by atoms with E-state index in [0.717, 1.165) is 12.1 Å². The predicted octanol–water partition coefficient (Wildman–Crippen LogP) is 2.62. The lowest BCUT2D eigenvalue weighted by Gasteiger charge is -2.11. The molecule has 0 fully saturated rings. The third-order valence-corrected chi connectivity index (χ3v) is 2.37. The van der Waals surface area contributed by atoms with Crippen molar-refractivity contribution in [1.82, 2.24) is 9.97 Å². The van der Waals surface area contributed by atoms with Crippen molar-refractivity contribution in [3.05, 3.63) is 35.9 Å². The summed E-state index contributed by atoms with van der Waals surface area (Å²) in [5.74, 6) is -3.92. The maximum atomic E-state index is 13.1. The van der Waals surface area contributed by atoms with E-state index < -0.39 is 17.5 Å². The summed E-state index contributed by atoms with van der Waals surface area (Å²) in [6.07, 6.45) is 1.18. The summed E-state index contributed by atoms with van der Waals surface area (Å²) >= 11 is 0. The Bertz CT molecular complexity index is 613. The summed E-state index contributed by atoms with van der Waals surface area (Å²) < 4.78 is 44.2. The molecule has 0 saturated heterocycles. The number of nitrogen functional groups attached to an aromatic ring is 1. The third kappa shape index (κ3) is 2.73. The Morgan fingerprint density at radius 3 is 2.45 bits per heavy atom. The lowest BCUT2D eigenvalue weighted by molar-refractivity contribution is 0.328. The second-order valence-electron chi connectivity index (χ2n) is 3.75. The number of halogens is 3. The number of benzene rings is 1. The predicted molar refractivity (Wildman–Crippen MR) is 67.2 cm³/mol. The summed E-state index contributed by atoms with van der Waals surface area (Å²) in [5.41, 5.74) is 5.80. The fraction of sp³-hybridized carbons (Fsp3) is 0.167. The molecule has 0 aliphatic carbocycles. The summed E-state index contributed by atoms with van der Waals surface area (Å²) in [5, 5.41) is 2.58. The molecule has 1 heterocycles. The van der Waals surface area contributed by atoms with Gasteiger partial charge in [0, 0.05) is 17.8 Å². The second kappa shape index (κ2) is 5.64. The Kier molecular flexibility index (Phi) is 3.92. The van der Waals surface area contributed by atoms with Crippen LogP contribution in [0.3, 0.4) is 0 Å². The number of aromatic nitrogens is 2. The van der Waals surface area contributed by atoms with Gasteiger partial charge in [-0.05, 0) is 6.92 Å². The van der Waals surface area contributed by atoms with Gasteiger partial charge in [0.2, 0.25) is 5.88 Å². The van der Waals surface area contributed by atoms with Gasteiger partial charge >= 0.3 is 0 Å². The van der Waals surface area contributed by atoms with Crippen LogP contribution in [0.15, 0.2) is 18.5 Å². The van der Waals surface area contributed by atoms with Crippen LogP contribution in [0.25, 0.3) is 0 Å². The van der Waals surface area contributed by atoms with Gasteiger partial charge in [-0.1, -0.05) is 0 Å². The molecule has 8 heteroatoms. The van der Waals surface area contributed by atoms with Crippen molar-refractivity contribution < 1.29 is 17.9 Å². The van der Waals surface area contributed by atoms with Crippen LogP contribution in [0.2, 0.25) is 0 Å². The minimum absolute atomic E-state index is 0.0331. The van der Waals surface area contributed by atoms with Crippen molar-refractivity contribution in [3.8, 4) is 5.88 Å². The molecule has 0 saturated carbocycles. The van der Waals surface area contributed by atoms with Crippen LogP contribution in [0.4, 0.5) is 30.4 Å². The SMILES string of the molecule is CCOc1ncnc(Nc2cc(F)c(F)c(F)c2)c1N. The minimum Gasteiger partial charge on any atom is -0.476 e. The molecule has 3 N–H and O–H groups in total. The van der Waals surface area contributed by atoms with Gasteiger partial charge in [0.15, 0.2) is 23.3 Å². The van der Waals surface area contributed by atoms with Crippen LogP contribution in [-0.2, 0) is 0 Å². The van der Waals surface area contributed by atoms with Gasteiger partial charge in [0.1, 0.15) is 12.0 Å². The first kappa shape index (κ1) is 13.9. The topological polar surface area (TPSA) is 73.1 Å². The standard InChI is InChI=1S/C12H11F3N4O/c1-2-20-12-10(16)11(17-5-18-12)19-6-3-7(13)9(15)8(14)4-6/h3-5H,2,16H2,1H3,(H,17,18,19). The van der Waals surface area contributed by atoms with Gasteiger partial charge in [-0.2, -0.15) is 4.98 Å². The number of hydrogen-bond acceptors (Lipinski definition) is 5. The van der Waals surface area contributed by atoms with Crippen molar-refractivity contribution in [3.63, 3.8) is 0 Å². The molecule has 20 heavy (non-hydrogen) atoms. The van der Waals surface area contributed by atoms with Crippen molar-refractivity contribution in [2.45, 2.75) is 6.92 Å². The average Bonchev–Trinajstić information content (AvgIpc) is 2.41. The molecule has 2 aromatic rings. The van der Waals surface area contributed by atoms with Gasteiger partial charge in [-0.3, -0.25) is 0 Å². The molecule has 0 atom stereocenters. The molecular formula is C12H11F3N4O. The Hall–Kier alpha value is -2.51. The monoisotopic (exact) mass is 284 g/mol. The third-order valence-electron chi connectivity index (χ3n) is 2.37. The quantitative estimate of drug-likeness (QED) is 0.844. The highest BCUT2D eigenvalue weighted by Crippen LogP contribution is 2.28. The number of ether oxygens (including phenoxy) is 1. The molecule has 0 aliphatic rings. The Morgan fingerprint density at radius 2 is 1.85 bits per heavy atom. The van der Waals surface area contributed by atoms with E-state index in [0.29, 0.717) is 6.61 Å². The molecule has 1 aromatic carbocycles. The first-order valence-electron chi connectivity index (χ1n) is 5.67. The lowest BCUT2D eigenvalue weighted by Crippen LogP contribution is -2.05. The van der Waals surface area contributed by atoms with E-state index in [2.05, 4.69) is 15.3 Å². The Balaban J connectivity index is 2.33. The van der Waals surface area contributed by atoms with Crippen molar-refractivity contribution in [2.75, 3.05) is 17.7 Å². The zero-order valence-corrected chi connectivity index (χ0v) is 10.5. The largest absolute Gasteiger partial charge is 0.476 e. The summed E-state index contributed by atoms with van der Waals surface area (Å²) in [6.45, 7) is 2.10. The van der Waals surface area contributed by atoms with Crippen LogP contribution in [0.1, 0.15) is 6.92 Å². The number of anilines is 3. The second-order valence-corrected chi connectivity index (χ2v) is 3.75. The molecule has 0 aliphatic heterocycles. The van der Waals surface area contributed by atoms with Crippen molar-refractivity contribution in [1.29, 1.82) is 0 Å². The highest BCUT2D eigenvalue weighted by Gasteiger charge is 2.13. The highest BCUT2D eigenvalue weighted by atomic mass is 19.2. The van der Waals surface area contributed by atoms with E-state index in [4.69, 9.17) is 10.5 Å². The number of nitrogens with one attached hydrogen (secondary N) is 1. The molecule has 106 valence electrons. The van der Waals surface area contributed by atoms with Crippen molar-refractivity contribution in [2.24, 2.45) is 0 Å². The summed E-state index contributed by atoms with van der Waals surface area (Å²) in [6, 6.07) is 1.58. The summed E-state index contributed by atoms with van der Waals surface area (Å²) in [7, 11) is 0. The molecule has 0 radical (unpaired) electrons. The van der Waals surface area contributed by atoms with Gasteiger partial charge < -0.3 is 15.8 Å². The maximum absolute atomic E-state index is 13.1. The number of nitrogens with zero attached hydrogens (tertiary/aromatic N) is 2. The van der Waals surface area contributed by atoms with Crippen LogP contribution in [0, 0.1) is 17.5 Å². The first-order valence-corrected chi connectivity index (χ1v) is 5.67. The molecule has 5 nitrogen and oxygen atoms in total. The smallest absolute Gasteiger partial charge is 0.242 e. The van der Waals surface area contributed by atoms with Crippen LogP contribution < -0.4 is 15.8 Å². The van der Waals surface area contributed by atoms with Gasteiger partial charge in [0.25, 0.3) is 0 Å². The molecule has 0 spiro atoms. The number of nitrogens with two attached hydrogens (primary N) is 1. The number of hydrogen-bond donors (Lipinski definition) is 2. The summed E-state index contributed by atoms with van der Waals surface area (Å²) in [4.78, 5) is 7.65. The lowest BCUT2D eigenvalue weighted by atomic mass is 10.3. The maximum Gasteiger partial charge on any atom is 0.242 e. The van der Waals surface area contributed by atoms with E-state index >= 15 is 0 Å². The molecule has 1 aromatic heterocycles. The molecule has 0 bridgehead atoms. The van der Waals surface area contributed by atoms with E-state index in [-0.39, 0.29) is 23.1 Å². The van der Waals surface area contributed by atoms with Gasteiger partial charge in [-0.25, -0.2) is 18.2 Å². The fourth-order valence-electron chi connectivity index (χ4n) is 1.50. The van der Waals surface area contributed by atoms with E-state index in [1.807, 2.05) is 0 Å². The zero-order chi connectivity index (χ0) is 14.7. The van der Waals surface area contributed by atoms with Crippen LogP contribution in [0.5, 0.6) is 5.88 Å². The van der Waals surface area contributed by atoms with E-state index in [1.165, 1.54) is 6.33 Å². The molecule has 2 rings (SSSR count). The van der Waals surface area contributed by atoms with Gasteiger partial charge in [0.05, 0.1) is 6.61 Å². The molecule has 0 amide bonds. The average molecular weight is 284 g/mol. The fourth-order valence-corrected chi connectivity index (χ4v) is 1.50. The van der Waals surface area contributed by atoms with Gasteiger partial charge in [-0.15, -0.1) is 0 Å². The first-order chi connectivity index (χ1) is 9.52.